The molecule has 1 aliphatic heterocycles. The number of aromatic amines is 1. The van der Waals surface area contributed by atoms with Gasteiger partial charge in [-0.1, -0.05) is 0 Å². The van der Waals surface area contributed by atoms with Crippen molar-refractivity contribution < 1.29 is 9.18 Å². The molecule has 0 radical (unpaired) electrons. The van der Waals surface area contributed by atoms with E-state index in [9.17, 15) is 9.18 Å². The highest BCUT2D eigenvalue weighted by molar-refractivity contribution is 5.94. The van der Waals surface area contributed by atoms with Gasteiger partial charge in [-0.3, -0.25) is 4.79 Å². The van der Waals surface area contributed by atoms with Gasteiger partial charge in [0.15, 0.2) is 0 Å². The molecule has 9 nitrogen and oxygen atoms in total. The number of rotatable bonds is 4. The maximum atomic E-state index is 14.3. The smallest absolute Gasteiger partial charge is 0.254 e. The number of fused-ring (bicyclic) bond motifs is 2. The van der Waals surface area contributed by atoms with E-state index in [1.165, 1.54) is 10.6 Å². The number of carbonyl (C=O) groups excluding carboxylic acids is 1. The maximum Gasteiger partial charge on any atom is 0.254 e. The third-order valence-electron chi connectivity index (χ3n) is 6.25. The van der Waals surface area contributed by atoms with E-state index in [0.29, 0.717) is 29.3 Å². The highest BCUT2D eigenvalue weighted by Crippen LogP contribution is 2.36. The average molecular weight is 432 g/mol. The zero-order chi connectivity index (χ0) is 21.9. The van der Waals surface area contributed by atoms with Crippen LogP contribution >= 0.6 is 0 Å². The van der Waals surface area contributed by atoms with Crippen LogP contribution in [0.15, 0.2) is 43.1 Å². The molecule has 2 N–H and O–H groups in total. The number of aromatic nitrogens is 6. The van der Waals surface area contributed by atoms with Gasteiger partial charge >= 0.3 is 0 Å². The minimum atomic E-state index is -0.380. The summed E-state index contributed by atoms with van der Waals surface area (Å²) in [5.41, 5.74) is 3.18. The first kappa shape index (κ1) is 18.9. The number of H-pyrrole nitrogens is 1. The van der Waals surface area contributed by atoms with Gasteiger partial charge in [-0.15, -0.1) is 0 Å². The van der Waals surface area contributed by atoms with Crippen molar-refractivity contribution in [2.75, 3.05) is 11.4 Å². The van der Waals surface area contributed by atoms with Gasteiger partial charge in [0.1, 0.15) is 17.4 Å². The molecule has 4 aromatic heterocycles. The maximum absolute atomic E-state index is 14.3. The van der Waals surface area contributed by atoms with Crippen molar-refractivity contribution in [1.82, 2.24) is 34.9 Å². The monoisotopic (exact) mass is 432 g/mol. The van der Waals surface area contributed by atoms with Gasteiger partial charge in [0, 0.05) is 42.8 Å². The summed E-state index contributed by atoms with van der Waals surface area (Å²) < 4.78 is 15.8. The Hall–Kier alpha value is -3.82. The second-order valence-electron chi connectivity index (χ2n) is 8.65. The molecule has 1 saturated carbocycles. The number of imidazole rings is 1. The first-order valence-electron chi connectivity index (χ1n) is 10.6. The van der Waals surface area contributed by atoms with E-state index >= 15 is 0 Å². The van der Waals surface area contributed by atoms with E-state index < -0.39 is 0 Å². The number of anilines is 1. The SMILES string of the molecule is CC1(NC(=O)c2cnc(N3CCc4[nH]cnc4[C@H]3c3cc4c(F)cccn4n3)nc2)CC1. The van der Waals surface area contributed by atoms with E-state index in [2.05, 4.69) is 30.4 Å². The third-order valence-corrected chi connectivity index (χ3v) is 6.25. The van der Waals surface area contributed by atoms with E-state index in [4.69, 9.17) is 0 Å². The number of nitrogens with zero attached hydrogens (tertiary/aromatic N) is 6. The van der Waals surface area contributed by atoms with Gasteiger partial charge < -0.3 is 15.2 Å². The summed E-state index contributed by atoms with van der Waals surface area (Å²) in [5, 5.41) is 7.62. The summed E-state index contributed by atoms with van der Waals surface area (Å²) in [7, 11) is 0. The number of amides is 1. The first-order valence-corrected chi connectivity index (χ1v) is 10.6. The van der Waals surface area contributed by atoms with Crippen LogP contribution in [-0.2, 0) is 6.42 Å². The Balaban J connectivity index is 1.37. The van der Waals surface area contributed by atoms with Crippen LogP contribution in [-0.4, -0.2) is 47.5 Å². The number of carbonyl (C=O) groups is 1. The topological polar surface area (TPSA) is 104 Å². The summed E-state index contributed by atoms with van der Waals surface area (Å²) in [4.78, 5) is 31.1. The Bertz CT molecular complexity index is 1320. The molecule has 4 aromatic rings. The second kappa shape index (κ2) is 6.84. The van der Waals surface area contributed by atoms with Crippen molar-refractivity contribution in [2.24, 2.45) is 0 Å². The van der Waals surface area contributed by atoms with Crippen LogP contribution in [0.2, 0.25) is 0 Å². The predicted octanol–water partition coefficient (Wildman–Crippen LogP) is 2.42. The van der Waals surface area contributed by atoms with E-state index in [1.54, 1.807) is 37.1 Å². The molecule has 162 valence electrons. The molecule has 1 atom stereocenters. The molecule has 1 fully saturated rings. The van der Waals surface area contributed by atoms with Crippen molar-refractivity contribution in [2.45, 2.75) is 37.8 Å². The van der Waals surface area contributed by atoms with Gasteiger partial charge in [0.25, 0.3) is 5.91 Å². The fourth-order valence-electron chi connectivity index (χ4n) is 4.17. The fraction of sp³-hybridized carbons (Fsp3) is 0.318. The highest BCUT2D eigenvalue weighted by atomic mass is 19.1. The Morgan fingerprint density at radius 3 is 2.84 bits per heavy atom. The molecule has 2 aliphatic rings. The van der Waals surface area contributed by atoms with Gasteiger partial charge in [-0.05, 0) is 38.0 Å². The molecule has 6 rings (SSSR count). The summed E-state index contributed by atoms with van der Waals surface area (Å²) in [6.45, 7) is 2.65. The average Bonchev–Trinajstić information content (AvgIpc) is 3.19. The fourth-order valence-corrected chi connectivity index (χ4v) is 4.17. The van der Waals surface area contributed by atoms with Crippen LogP contribution in [0.1, 0.15) is 53.2 Å². The Morgan fingerprint density at radius 1 is 1.28 bits per heavy atom. The third kappa shape index (κ3) is 3.10. The summed E-state index contributed by atoms with van der Waals surface area (Å²) in [6.07, 6.45) is 9.16. The lowest BCUT2D eigenvalue weighted by Gasteiger charge is -2.33. The first-order chi connectivity index (χ1) is 15.5. The molecule has 0 unspecified atom stereocenters. The minimum absolute atomic E-state index is 0.109. The molecule has 0 aromatic carbocycles. The number of hydrogen-bond acceptors (Lipinski definition) is 6. The lowest BCUT2D eigenvalue weighted by atomic mass is 10.00. The van der Waals surface area contributed by atoms with Gasteiger partial charge in [-0.2, -0.15) is 5.10 Å². The second-order valence-corrected chi connectivity index (χ2v) is 8.65. The van der Waals surface area contributed by atoms with Crippen molar-refractivity contribution in [3.8, 4) is 0 Å². The molecule has 5 heterocycles. The quantitative estimate of drug-likeness (QED) is 0.513. The van der Waals surface area contributed by atoms with Crippen LogP contribution in [0.3, 0.4) is 0 Å². The number of hydrogen-bond donors (Lipinski definition) is 2. The Kier molecular flexibility index (Phi) is 4.04. The molecular formula is C22H21FN8O. The Morgan fingerprint density at radius 2 is 2.09 bits per heavy atom. The minimum Gasteiger partial charge on any atom is -0.348 e. The van der Waals surface area contributed by atoms with Crippen LogP contribution < -0.4 is 10.2 Å². The molecule has 32 heavy (non-hydrogen) atoms. The largest absolute Gasteiger partial charge is 0.348 e. The summed E-state index contributed by atoms with van der Waals surface area (Å²) in [5.74, 6) is -0.0423. The lowest BCUT2D eigenvalue weighted by molar-refractivity contribution is 0.0934. The van der Waals surface area contributed by atoms with Crippen LogP contribution in [0.5, 0.6) is 0 Å². The highest BCUT2D eigenvalue weighted by Gasteiger charge is 2.39. The van der Waals surface area contributed by atoms with Crippen molar-refractivity contribution in [3.63, 3.8) is 0 Å². The van der Waals surface area contributed by atoms with Crippen LogP contribution in [0, 0.1) is 5.82 Å². The lowest BCUT2D eigenvalue weighted by Crippen LogP contribution is -2.38. The van der Waals surface area contributed by atoms with Gasteiger partial charge in [-0.25, -0.2) is 23.9 Å². The molecule has 0 spiro atoms. The van der Waals surface area contributed by atoms with E-state index in [0.717, 1.165) is 30.7 Å². The van der Waals surface area contributed by atoms with Crippen LogP contribution in [0.4, 0.5) is 10.3 Å². The van der Waals surface area contributed by atoms with Gasteiger partial charge in [0.05, 0.1) is 23.3 Å². The van der Waals surface area contributed by atoms with Gasteiger partial charge in [0.2, 0.25) is 5.95 Å². The summed E-state index contributed by atoms with van der Waals surface area (Å²) in [6, 6.07) is 4.38. The zero-order valence-electron chi connectivity index (χ0n) is 17.4. The number of pyridine rings is 1. The summed E-state index contributed by atoms with van der Waals surface area (Å²) >= 11 is 0. The van der Waals surface area contributed by atoms with Crippen molar-refractivity contribution >= 4 is 17.4 Å². The van der Waals surface area contributed by atoms with E-state index in [1.807, 2.05) is 11.8 Å². The van der Waals surface area contributed by atoms with Crippen molar-refractivity contribution in [3.05, 3.63) is 71.6 Å². The normalized spacial score (nSPS) is 19.1. The number of halogens is 1. The molecule has 1 amide bonds. The number of nitrogens with one attached hydrogen (secondary N) is 2. The standard InChI is InChI=1S/C22H21FN8O/c1-22(5-6-22)28-20(32)13-10-24-21(25-11-13)30-8-4-15-18(27-12-26-15)19(30)16-9-17-14(23)3-2-7-31(17)29-16/h2-3,7,9-12,19H,4-6,8H2,1H3,(H,26,27)(H,28,32)/t19-/m1/s1. The molecule has 0 bridgehead atoms. The zero-order valence-corrected chi connectivity index (χ0v) is 17.4. The van der Waals surface area contributed by atoms with E-state index in [-0.39, 0.29) is 23.3 Å². The molecular weight excluding hydrogens is 411 g/mol. The molecule has 0 saturated heterocycles. The molecule has 1 aliphatic carbocycles. The molecule has 10 heteroatoms. The van der Waals surface area contributed by atoms with Crippen molar-refractivity contribution in [1.29, 1.82) is 0 Å². The Labute approximate surface area is 182 Å². The van der Waals surface area contributed by atoms with Crippen LogP contribution in [0.25, 0.3) is 5.52 Å². The predicted molar refractivity (Wildman–Crippen MR) is 114 cm³/mol.